The molecule has 1 aliphatic heterocycles. The quantitative estimate of drug-likeness (QED) is 0.728. The third-order valence-electron chi connectivity index (χ3n) is 3.34. The Morgan fingerprint density at radius 1 is 1.47 bits per heavy atom. The molecule has 15 heavy (non-hydrogen) atoms. The van der Waals surface area contributed by atoms with Crippen LogP contribution in [0.3, 0.4) is 0 Å². The van der Waals surface area contributed by atoms with Gasteiger partial charge in [-0.1, -0.05) is 20.3 Å². The minimum Gasteiger partial charge on any atom is -0.378 e. The van der Waals surface area contributed by atoms with Crippen LogP contribution < -0.4 is 5.73 Å². The second-order valence-electron chi connectivity index (χ2n) is 4.52. The van der Waals surface area contributed by atoms with E-state index in [4.69, 9.17) is 10.5 Å². The highest BCUT2D eigenvalue weighted by molar-refractivity contribution is 4.76. The lowest BCUT2D eigenvalue weighted by molar-refractivity contribution is -0.0154. The molecule has 1 fully saturated rings. The van der Waals surface area contributed by atoms with Crippen LogP contribution in [0.4, 0.5) is 0 Å². The predicted octanol–water partition coefficient (Wildman–Crippen LogP) is 1.47. The lowest BCUT2D eigenvalue weighted by Gasteiger charge is -2.37. The zero-order valence-electron chi connectivity index (χ0n) is 10.2. The number of hydrogen-bond acceptors (Lipinski definition) is 3. The van der Waals surface area contributed by atoms with Gasteiger partial charge in [0.05, 0.1) is 13.2 Å². The standard InChI is InChI=1S/C12H26N2O/c1-3-5-11(8-13)9-14-6-7-15-10-12(14)4-2/h11-12H,3-10,13H2,1-2H3. The van der Waals surface area contributed by atoms with E-state index >= 15 is 0 Å². The molecule has 2 unspecified atom stereocenters. The van der Waals surface area contributed by atoms with Crippen LogP contribution in [0.15, 0.2) is 0 Å². The maximum atomic E-state index is 5.80. The summed E-state index contributed by atoms with van der Waals surface area (Å²) >= 11 is 0. The van der Waals surface area contributed by atoms with Crippen LogP contribution in [-0.2, 0) is 4.74 Å². The fourth-order valence-corrected chi connectivity index (χ4v) is 2.33. The minimum absolute atomic E-state index is 0.615. The first-order valence-electron chi connectivity index (χ1n) is 6.33. The lowest BCUT2D eigenvalue weighted by Crippen LogP contribution is -2.47. The Hall–Kier alpha value is -0.120. The van der Waals surface area contributed by atoms with E-state index < -0.39 is 0 Å². The highest BCUT2D eigenvalue weighted by Gasteiger charge is 2.23. The summed E-state index contributed by atoms with van der Waals surface area (Å²) in [6, 6.07) is 0.615. The van der Waals surface area contributed by atoms with Crippen molar-refractivity contribution in [2.24, 2.45) is 11.7 Å². The monoisotopic (exact) mass is 214 g/mol. The summed E-state index contributed by atoms with van der Waals surface area (Å²) in [4.78, 5) is 2.57. The van der Waals surface area contributed by atoms with E-state index in [9.17, 15) is 0 Å². The largest absolute Gasteiger partial charge is 0.378 e. The molecule has 0 saturated carbocycles. The second-order valence-corrected chi connectivity index (χ2v) is 4.52. The first kappa shape index (κ1) is 12.9. The molecule has 2 atom stereocenters. The Morgan fingerprint density at radius 2 is 2.27 bits per heavy atom. The molecule has 0 bridgehead atoms. The number of nitrogens with two attached hydrogens (primary N) is 1. The van der Waals surface area contributed by atoms with Gasteiger partial charge in [0.25, 0.3) is 0 Å². The van der Waals surface area contributed by atoms with Gasteiger partial charge < -0.3 is 10.5 Å². The van der Waals surface area contributed by atoms with E-state index in [-0.39, 0.29) is 0 Å². The highest BCUT2D eigenvalue weighted by atomic mass is 16.5. The fraction of sp³-hybridized carbons (Fsp3) is 1.00. The minimum atomic E-state index is 0.615. The normalized spacial score (nSPS) is 25.4. The van der Waals surface area contributed by atoms with Gasteiger partial charge in [-0.25, -0.2) is 0 Å². The SMILES string of the molecule is CCCC(CN)CN1CCOCC1CC. The number of nitrogens with zero attached hydrogens (tertiary/aromatic N) is 1. The molecule has 3 heteroatoms. The van der Waals surface area contributed by atoms with E-state index in [1.165, 1.54) is 19.3 Å². The second kappa shape index (κ2) is 7.20. The molecule has 1 aliphatic rings. The smallest absolute Gasteiger partial charge is 0.0622 e. The molecule has 2 N–H and O–H groups in total. The number of ether oxygens (including phenoxy) is 1. The van der Waals surface area contributed by atoms with E-state index in [1.54, 1.807) is 0 Å². The van der Waals surface area contributed by atoms with Crippen LogP contribution in [0.1, 0.15) is 33.1 Å². The molecule has 0 aromatic rings. The van der Waals surface area contributed by atoms with Gasteiger partial charge in [0.2, 0.25) is 0 Å². The van der Waals surface area contributed by atoms with Crippen LogP contribution in [0.2, 0.25) is 0 Å². The third kappa shape index (κ3) is 4.09. The Morgan fingerprint density at radius 3 is 2.87 bits per heavy atom. The average Bonchev–Trinajstić information content (AvgIpc) is 2.29. The summed E-state index contributed by atoms with van der Waals surface area (Å²) in [6.07, 6.45) is 3.68. The molecule has 1 rings (SSSR count). The van der Waals surface area contributed by atoms with Gasteiger partial charge in [-0.3, -0.25) is 4.90 Å². The van der Waals surface area contributed by atoms with Crippen molar-refractivity contribution in [3.05, 3.63) is 0 Å². The molecule has 1 heterocycles. The van der Waals surface area contributed by atoms with Gasteiger partial charge in [0.1, 0.15) is 0 Å². The first-order valence-corrected chi connectivity index (χ1v) is 6.33. The zero-order valence-corrected chi connectivity index (χ0v) is 10.2. The van der Waals surface area contributed by atoms with Crippen molar-refractivity contribution in [2.45, 2.75) is 39.2 Å². The van der Waals surface area contributed by atoms with Gasteiger partial charge in [0, 0.05) is 19.1 Å². The van der Waals surface area contributed by atoms with Crippen molar-refractivity contribution >= 4 is 0 Å². The van der Waals surface area contributed by atoms with E-state index in [2.05, 4.69) is 18.7 Å². The van der Waals surface area contributed by atoms with Crippen molar-refractivity contribution in [3.63, 3.8) is 0 Å². The number of hydrogen-bond donors (Lipinski definition) is 1. The van der Waals surface area contributed by atoms with Crippen LogP contribution in [0.25, 0.3) is 0 Å². The Kier molecular flexibility index (Phi) is 6.22. The summed E-state index contributed by atoms with van der Waals surface area (Å²) in [7, 11) is 0. The van der Waals surface area contributed by atoms with Crippen LogP contribution in [-0.4, -0.2) is 43.8 Å². The summed E-state index contributed by atoms with van der Waals surface area (Å²) < 4.78 is 5.51. The molecule has 1 saturated heterocycles. The lowest BCUT2D eigenvalue weighted by atomic mass is 10.0. The molecule has 90 valence electrons. The molecule has 0 amide bonds. The van der Waals surface area contributed by atoms with Crippen molar-refractivity contribution in [3.8, 4) is 0 Å². The Balaban J connectivity index is 2.38. The molecule has 0 aromatic heterocycles. The van der Waals surface area contributed by atoms with Crippen LogP contribution >= 0.6 is 0 Å². The molecule has 0 radical (unpaired) electrons. The van der Waals surface area contributed by atoms with Crippen LogP contribution in [0, 0.1) is 5.92 Å². The van der Waals surface area contributed by atoms with Gasteiger partial charge in [-0.05, 0) is 25.3 Å². The Bertz CT molecular complexity index is 164. The summed E-state index contributed by atoms with van der Waals surface area (Å²) in [5.74, 6) is 0.669. The first-order chi connectivity index (χ1) is 7.31. The zero-order chi connectivity index (χ0) is 11.1. The summed E-state index contributed by atoms with van der Waals surface area (Å²) in [6.45, 7) is 9.33. The molecule has 0 aliphatic carbocycles. The van der Waals surface area contributed by atoms with E-state index in [1.807, 2.05) is 0 Å². The number of rotatable bonds is 6. The van der Waals surface area contributed by atoms with Gasteiger partial charge >= 0.3 is 0 Å². The molecular weight excluding hydrogens is 188 g/mol. The topological polar surface area (TPSA) is 38.5 Å². The maximum Gasteiger partial charge on any atom is 0.0622 e. The third-order valence-corrected chi connectivity index (χ3v) is 3.34. The number of morpholine rings is 1. The predicted molar refractivity (Wildman–Crippen MR) is 63.9 cm³/mol. The van der Waals surface area contributed by atoms with E-state index in [0.717, 1.165) is 32.8 Å². The van der Waals surface area contributed by atoms with Gasteiger partial charge in [0.15, 0.2) is 0 Å². The average molecular weight is 214 g/mol. The van der Waals surface area contributed by atoms with Crippen molar-refractivity contribution in [1.29, 1.82) is 0 Å². The van der Waals surface area contributed by atoms with Gasteiger partial charge in [-0.15, -0.1) is 0 Å². The summed E-state index contributed by atoms with van der Waals surface area (Å²) in [5.41, 5.74) is 5.80. The summed E-state index contributed by atoms with van der Waals surface area (Å²) in [5, 5.41) is 0. The fourth-order valence-electron chi connectivity index (χ4n) is 2.33. The van der Waals surface area contributed by atoms with Crippen LogP contribution in [0.5, 0.6) is 0 Å². The van der Waals surface area contributed by atoms with Crippen molar-refractivity contribution in [2.75, 3.05) is 32.8 Å². The maximum absolute atomic E-state index is 5.80. The van der Waals surface area contributed by atoms with E-state index in [0.29, 0.717) is 12.0 Å². The molecule has 3 nitrogen and oxygen atoms in total. The molecule has 0 spiro atoms. The van der Waals surface area contributed by atoms with Crippen molar-refractivity contribution in [1.82, 2.24) is 4.90 Å². The highest BCUT2D eigenvalue weighted by Crippen LogP contribution is 2.14. The van der Waals surface area contributed by atoms with Crippen molar-refractivity contribution < 1.29 is 4.74 Å². The Labute approximate surface area is 94.0 Å². The molecular formula is C12H26N2O. The molecule has 0 aromatic carbocycles. The van der Waals surface area contributed by atoms with Gasteiger partial charge in [-0.2, -0.15) is 0 Å².